The van der Waals surface area contributed by atoms with Crippen LogP contribution in [0.25, 0.3) is 22.5 Å². The van der Waals surface area contributed by atoms with E-state index in [1.54, 1.807) is 0 Å². The molecule has 1 aliphatic rings. The second-order valence-corrected chi connectivity index (χ2v) is 9.73. The van der Waals surface area contributed by atoms with Crippen LogP contribution in [0.1, 0.15) is 56.5 Å². The first-order valence-electron chi connectivity index (χ1n) is 13.3. The van der Waals surface area contributed by atoms with Gasteiger partial charge in [-0.05, 0) is 55.4 Å². The van der Waals surface area contributed by atoms with Crippen molar-refractivity contribution in [1.29, 1.82) is 0 Å². The molecule has 0 saturated heterocycles. The van der Waals surface area contributed by atoms with E-state index >= 15 is 0 Å². The van der Waals surface area contributed by atoms with E-state index < -0.39 is 17.6 Å². The molecule has 7 nitrogen and oxygen atoms in total. The number of hydrogen-bond donors (Lipinski definition) is 1. The SMILES string of the molecule is CCOC(=O)C1(c2ccc(-c3ccc(-c4onc(CC)c4NC(=O)OC(C)c4ccccc4)cc3)cc2)CC1. The number of nitrogens with one attached hydrogen (secondary N) is 1. The first-order chi connectivity index (χ1) is 18.9. The molecule has 0 aliphatic heterocycles. The predicted octanol–water partition coefficient (Wildman–Crippen LogP) is 7.48. The standard InChI is InChI=1S/C32H32N2O5/c1-4-27-28(33-31(36)38-21(3)22-9-7-6-8-10-22)29(39-34-27)25-13-11-23(12-14-25)24-15-17-26(18-16-24)32(19-20-32)30(35)37-5-2/h6-18,21H,4-5,19-20H2,1-3H3,(H,33,36). The maximum atomic E-state index is 12.7. The van der Waals surface area contributed by atoms with Gasteiger partial charge in [-0.15, -0.1) is 0 Å². The number of hydrogen-bond acceptors (Lipinski definition) is 6. The van der Waals surface area contributed by atoms with Crippen molar-refractivity contribution in [2.24, 2.45) is 0 Å². The third kappa shape index (κ3) is 5.43. The first kappa shape index (κ1) is 26.2. The average molecular weight is 525 g/mol. The molecular formula is C32H32N2O5. The minimum absolute atomic E-state index is 0.136. The Morgan fingerprint density at radius 1 is 0.923 bits per heavy atom. The van der Waals surface area contributed by atoms with Crippen LogP contribution in [0.3, 0.4) is 0 Å². The molecule has 0 spiro atoms. The Morgan fingerprint density at radius 3 is 2.13 bits per heavy atom. The molecule has 200 valence electrons. The lowest BCUT2D eigenvalue weighted by molar-refractivity contribution is -0.146. The molecule has 5 rings (SSSR count). The van der Waals surface area contributed by atoms with Crippen molar-refractivity contribution in [3.63, 3.8) is 0 Å². The van der Waals surface area contributed by atoms with Gasteiger partial charge in [0.05, 0.1) is 12.0 Å². The summed E-state index contributed by atoms with van der Waals surface area (Å²) in [6, 6.07) is 25.5. The van der Waals surface area contributed by atoms with E-state index in [0.717, 1.165) is 40.7 Å². The van der Waals surface area contributed by atoms with Crippen LogP contribution in [0.4, 0.5) is 10.5 Å². The maximum absolute atomic E-state index is 12.7. The van der Waals surface area contributed by atoms with Gasteiger partial charge in [-0.25, -0.2) is 4.79 Å². The molecule has 1 aromatic heterocycles. The Balaban J connectivity index is 1.31. The predicted molar refractivity (Wildman–Crippen MR) is 149 cm³/mol. The molecule has 1 aliphatic carbocycles. The fourth-order valence-corrected chi connectivity index (χ4v) is 4.78. The van der Waals surface area contributed by atoms with Crippen molar-refractivity contribution in [2.45, 2.75) is 51.6 Å². The number of amides is 1. The van der Waals surface area contributed by atoms with Crippen LogP contribution in [0, 0.1) is 0 Å². The van der Waals surface area contributed by atoms with Crippen LogP contribution in [-0.4, -0.2) is 23.8 Å². The van der Waals surface area contributed by atoms with Gasteiger partial charge in [0.25, 0.3) is 0 Å². The summed E-state index contributed by atoms with van der Waals surface area (Å²) < 4.78 is 16.5. The summed E-state index contributed by atoms with van der Waals surface area (Å²) in [6.45, 7) is 6.00. The monoisotopic (exact) mass is 524 g/mol. The lowest BCUT2D eigenvalue weighted by Gasteiger charge is -2.15. The number of aromatic nitrogens is 1. The van der Waals surface area contributed by atoms with E-state index in [2.05, 4.69) is 10.5 Å². The molecule has 0 bridgehead atoms. The molecule has 39 heavy (non-hydrogen) atoms. The van der Waals surface area contributed by atoms with Gasteiger partial charge in [0.1, 0.15) is 17.5 Å². The number of nitrogens with zero attached hydrogens (tertiary/aromatic N) is 1. The second-order valence-electron chi connectivity index (χ2n) is 9.73. The number of benzene rings is 3. The van der Waals surface area contributed by atoms with Gasteiger partial charge in [-0.1, -0.05) is 90.9 Å². The van der Waals surface area contributed by atoms with Crippen molar-refractivity contribution in [1.82, 2.24) is 5.16 Å². The summed E-state index contributed by atoms with van der Waals surface area (Å²) in [5.74, 6) is 0.339. The second kappa shape index (κ2) is 11.2. The third-order valence-electron chi connectivity index (χ3n) is 7.21. The largest absolute Gasteiger partial charge is 0.465 e. The van der Waals surface area contributed by atoms with Gasteiger partial charge in [-0.2, -0.15) is 0 Å². The smallest absolute Gasteiger partial charge is 0.412 e. The Morgan fingerprint density at radius 2 is 1.54 bits per heavy atom. The fraction of sp³-hybridized carbons (Fsp3) is 0.281. The molecule has 1 heterocycles. The molecule has 4 aromatic rings. The van der Waals surface area contributed by atoms with Crippen molar-refractivity contribution < 1.29 is 23.6 Å². The molecule has 1 amide bonds. The van der Waals surface area contributed by atoms with Crippen molar-refractivity contribution in [3.8, 4) is 22.5 Å². The highest BCUT2D eigenvalue weighted by Crippen LogP contribution is 2.49. The number of aryl methyl sites for hydroxylation is 1. The van der Waals surface area contributed by atoms with Gasteiger partial charge in [0.15, 0.2) is 5.76 Å². The van der Waals surface area contributed by atoms with Gasteiger partial charge in [0.2, 0.25) is 0 Å². The molecule has 1 saturated carbocycles. The number of anilines is 1. The summed E-state index contributed by atoms with van der Waals surface area (Å²) in [7, 11) is 0. The van der Waals surface area contributed by atoms with Crippen LogP contribution in [0.15, 0.2) is 83.4 Å². The molecule has 1 unspecified atom stereocenters. The van der Waals surface area contributed by atoms with E-state index in [0.29, 0.717) is 30.2 Å². The van der Waals surface area contributed by atoms with E-state index in [4.69, 9.17) is 14.0 Å². The van der Waals surface area contributed by atoms with Crippen LogP contribution in [-0.2, 0) is 26.1 Å². The number of carbonyl (C=O) groups excluding carboxylic acids is 2. The van der Waals surface area contributed by atoms with E-state index in [1.807, 2.05) is 99.6 Å². The van der Waals surface area contributed by atoms with E-state index in [9.17, 15) is 9.59 Å². The highest BCUT2D eigenvalue weighted by atomic mass is 16.6. The zero-order valence-electron chi connectivity index (χ0n) is 22.4. The summed E-state index contributed by atoms with van der Waals surface area (Å²) in [6.07, 6.45) is 1.26. The number of rotatable bonds is 9. The highest BCUT2D eigenvalue weighted by Gasteiger charge is 2.52. The van der Waals surface area contributed by atoms with Crippen molar-refractivity contribution in [2.75, 3.05) is 11.9 Å². The van der Waals surface area contributed by atoms with Crippen molar-refractivity contribution in [3.05, 3.63) is 95.7 Å². The average Bonchev–Trinajstić information content (AvgIpc) is 3.69. The van der Waals surface area contributed by atoms with Crippen LogP contribution >= 0.6 is 0 Å². The lowest BCUT2D eigenvalue weighted by atomic mass is 9.93. The van der Waals surface area contributed by atoms with E-state index in [1.165, 1.54) is 0 Å². The van der Waals surface area contributed by atoms with Crippen molar-refractivity contribution >= 4 is 17.7 Å². The fourth-order valence-electron chi connectivity index (χ4n) is 4.78. The summed E-state index contributed by atoms with van der Waals surface area (Å²) >= 11 is 0. The van der Waals surface area contributed by atoms with Gasteiger partial charge in [0, 0.05) is 5.56 Å². The number of esters is 1. The molecule has 0 radical (unpaired) electrons. The first-order valence-corrected chi connectivity index (χ1v) is 13.3. The van der Waals surface area contributed by atoms with Crippen LogP contribution in [0.2, 0.25) is 0 Å². The van der Waals surface area contributed by atoms with Crippen LogP contribution in [0.5, 0.6) is 0 Å². The van der Waals surface area contributed by atoms with Gasteiger partial charge in [-0.3, -0.25) is 10.1 Å². The zero-order chi connectivity index (χ0) is 27.4. The molecule has 1 fully saturated rings. The Hall–Kier alpha value is -4.39. The summed E-state index contributed by atoms with van der Waals surface area (Å²) in [4.78, 5) is 25.2. The Labute approximate surface area is 228 Å². The molecule has 1 atom stereocenters. The van der Waals surface area contributed by atoms with Gasteiger partial charge >= 0.3 is 12.1 Å². The van der Waals surface area contributed by atoms with E-state index in [-0.39, 0.29) is 5.97 Å². The number of ether oxygens (including phenoxy) is 2. The van der Waals surface area contributed by atoms with Gasteiger partial charge < -0.3 is 14.0 Å². The topological polar surface area (TPSA) is 90.7 Å². The normalized spacial score (nSPS) is 14.3. The zero-order valence-corrected chi connectivity index (χ0v) is 22.4. The highest BCUT2D eigenvalue weighted by molar-refractivity contribution is 5.91. The Kier molecular flexibility index (Phi) is 7.50. The maximum Gasteiger partial charge on any atom is 0.412 e. The third-order valence-corrected chi connectivity index (χ3v) is 7.21. The Bertz CT molecular complexity index is 1440. The lowest BCUT2D eigenvalue weighted by Crippen LogP contribution is -2.23. The minimum atomic E-state index is -0.571. The molecule has 1 N–H and O–H groups in total. The molecule has 7 heteroatoms. The molecular weight excluding hydrogens is 492 g/mol. The van der Waals surface area contributed by atoms with Crippen LogP contribution < -0.4 is 5.32 Å². The molecule has 3 aromatic carbocycles. The quantitative estimate of drug-likeness (QED) is 0.228. The summed E-state index contributed by atoms with van der Waals surface area (Å²) in [5.41, 5.74) is 5.42. The minimum Gasteiger partial charge on any atom is -0.465 e. The number of carbonyl (C=O) groups is 2. The summed E-state index contributed by atoms with van der Waals surface area (Å²) in [5, 5.41) is 7.01.